The first-order chi connectivity index (χ1) is 9.45. The van der Waals surface area contributed by atoms with Gasteiger partial charge in [0.15, 0.2) is 0 Å². The normalized spacial score (nSPS) is 19.2. The second-order valence-corrected chi connectivity index (χ2v) is 8.78. The number of likely N-dealkylation sites (tertiary alicyclic amines) is 1. The molecule has 1 aliphatic rings. The fraction of sp³-hybridized carbons (Fsp3) is 0.818. The number of esters is 1. The smallest absolute Gasteiger partial charge is 0.354 e. The first-order valence-corrected chi connectivity index (χ1v) is 9.86. The summed E-state index contributed by atoms with van der Waals surface area (Å²) in [6, 6.07) is -0.424. The van der Waals surface area contributed by atoms with Gasteiger partial charge in [-0.1, -0.05) is 11.4 Å². The molecule has 1 rings (SSSR count). The number of hydrogen-bond acceptors (Lipinski definition) is 6. The van der Waals surface area contributed by atoms with Crippen molar-refractivity contribution in [2.24, 2.45) is 5.92 Å². The Balaban J connectivity index is 2.47. The number of nitrogens with zero attached hydrogens (tertiary/aromatic N) is 1. The number of hydrogen-bond donors (Lipinski definition) is 1. The predicted molar refractivity (Wildman–Crippen MR) is 77.6 cm³/mol. The van der Waals surface area contributed by atoms with Gasteiger partial charge in [0.1, 0.15) is 0 Å². The molecule has 1 saturated heterocycles. The molecule has 1 atom stereocenters. The molecule has 9 heteroatoms. The van der Waals surface area contributed by atoms with E-state index in [1.165, 1.54) is 12.0 Å². The maximum absolute atomic E-state index is 12.0. The number of amides is 2. The quantitative estimate of drug-likeness (QED) is 0.616. The molecule has 2 amide bonds. The van der Waals surface area contributed by atoms with Gasteiger partial charge in [-0.3, -0.25) is 14.4 Å². The van der Waals surface area contributed by atoms with Crippen LogP contribution in [-0.4, -0.2) is 50.0 Å². The van der Waals surface area contributed by atoms with Gasteiger partial charge in [0.25, 0.3) is 0 Å². The fourth-order valence-electron chi connectivity index (χ4n) is 1.93. The van der Waals surface area contributed by atoms with Crippen LogP contribution >= 0.6 is 18.1 Å². The van der Waals surface area contributed by atoms with Crippen LogP contribution in [0.4, 0.5) is 4.79 Å². The van der Waals surface area contributed by atoms with Crippen molar-refractivity contribution in [3.8, 4) is 0 Å². The summed E-state index contributed by atoms with van der Waals surface area (Å²) in [6.45, 7) is -0.155. The monoisotopic (exact) mass is 324 g/mol. The first kappa shape index (κ1) is 17.3. The summed E-state index contributed by atoms with van der Waals surface area (Å²) in [5.41, 5.74) is 0. The summed E-state index contributed by atoms with van der Waals surface area (Å²) >= 11 is 0.977. The molecule has 0 radical (unpaired) electrons. The highest BCUT2D eigenvalue weighted by Crippen LogP contribution is 2.53. The summed E-state index contributed by atoms with van der Waals surface area (Å²) in [7, 11) is 1.30. The molecule has 0 aliphatic carbocycles. The second-order valence-electron chi connectivity index (χ2n) is 4.29. The number of nitrogens with one attached hydrogen (secondary N) is 1. The van der Waals surface area contributed by atoms with Crippen LogP contribution in [0.15, 0.2) is 0 Å². The molecule has 0 aromatic heterocycles. The molecule has 116 valence electrons. The zero-order chi connectivity index (χ0) is 15.2. The third kappa shape index (κ3) is 4.68. The predicted octanol–water partition coefficient (Wildman–Crippen LogP) is 2.09. The van der Waals surface area contributed by atoms with E-state index in [2.05, 4.69) is 5.09 Å². The van der Waals surface area contributed by atoms with Crippen LogP contribution in [0.25, 0.3) is 0 Å². The van der Waals surface area contributed by atoms with Crippen LogP contribution in [0.5, 0.6) is 0 Å². The minimum Gasteiger partial charge on any atom is -0.466 e. The lowest BCUT2D eigenvalue weighted by Crippen LogP contribution is -2.44. The molecule has 1 unspecified atom stereocenters. The second kappa shape index (κ2) is 7.90. The van der Waals surface area contributed by atoms with E-state index in [-0.39, 0.29) is 11.9 Å². The average Bonchev–Trinajstić information content (AvgIpc) is 2.47. The van der Waals surface area contributed by atoms with E-state index in [0.29, 0.717) is 32.5 Å². The molecule has 0 aromatic carbocycles. The van der Waals surface area contributed by atoms with Gasteiger partial charge in [-0.15, -0.1) is 0 Å². The van der Waals surface area contributed by atoms with Crippen LogP contribution in [0, 0.1) is 5.92 Å². The number of carbonyl (C=O) groups is 2. The van der Waals surface area contributed by atoms with Crippen LogP contribution in [0.3, 0.4) is 0 Å². The van der Waals surface area contributed by atoms with Gasteiger partial charge in [0, 0.05) is 20.2 Å². The highest BCUT2D eigenvalue weighted by molar-refractivity contribution is 8.55. The van der Waals surface area contributed by atoms with Gasteiger partial charge in [-0.2, -0.15) is 0 Å². The molecule has 1 heterocycles. The fourth-order valence-corrected chi connectivity index (χ4v) is 3.59. The molecule has 1 N–H and O–H groups in total. The molecule has 1 aliphatic heterocycles. The minimum absolute atomic E-state index is 0.159. The summed E-state index contributed by atoms with van der Waals surface area (Å²) in [5, 5.41) is 2.40. The lowest BCUT2D eigenvalue weighted by molar-refractivity contribution is -0.149. The number of rotatable bonds is 5. The van der Waals surface area contributed by atoms with Crippen LogP contribution < -0.4 is 5.09 Å². The van der Waals surface area contributed by atoms with Crippen molar-refractivity contribution in [1.29, 1.82) is 0 Å². The maximum Gasteiger partial charge on any atom is 0.354 e. The molecule has 0 spiro atoms. The average molecular weight is 324 g/mol. The zero-order valence-electron chi connectivity index (χ0n) is 12.0. The molecule has 0 aromatic rings. The number of ether oxygens (including phenoxy) is 1. The van der Waals surface area contributed by atoms with Crippen molar-refractivity contribution in [3.05, 3.63) is 0 Å². The Kier molecular flexibility index (Phi) is 6.85. The van der Waals surface area contributed by atoms with Crippen molar-refractivity contribution in [2.45, 2.75) is 19.8 Å². The lowest BCUT2D eigenvalue weighted by Gasteiger charge is -2.31. The van der Waals surface area contributed by atoms with E-state index in [1.807, 2.05) is 0 Å². The summed E-state index contributed by atoms with van der Waals surface area (Å²) in [5.74, 6) is -0.368. The van der Waals surface area contributed by atoms with Gasteiger partial charge in [-0.25, -0.2) is 4.79 Å². The number of urea groups is 1. The lowest BCUT2D eigenvalue weighted by atomic mass is 9.97. The Bertz CT molecular complexity index is 390. The number of carbonyl (C=O) groups excluding carboxylic acids is 2. The largest absolute Gasteiger partial charge is 0.466 e. The minimum atomic E-state index is -3.17. The Hall–Kier alpha value is -0.720. The molecule has 0 saturated carbocycles. The van der Waals surface area contributed by atoms with Gasteiger partial charge in [0.05, 0.1) is 12.5 Å². The van der Waals surface area contributed by atoms with E-state index in [0.717, 1.165) is 11.4 Å². The van der Waals surface area contributed by atoms with E-state index < -0.39 is 12.8 Å². The molecule has 1 fully saturated rings. The van der Waals surface area contributed by atoms with Crippen LogP contribution in [0.2, 0.25) is 0 Å². The zero-order valence-corrected chi connectivity index (χ0v) is 13.7. The molecular weight excluding hydrogens is 303 g/mol. The molecule has 7 nitrogen and oxygen atoms in total. The maximum atomic E-state index is 12.0. The highest BCUT2D eigenvalue weighted by Gasteiger charge is 2.31. The van der Waals surface area contributed by atoms with Crippen molar-refractivity contribution in [3.63, 3.8) is 0 Å². The van der Waals surface area contributed by atoms with Gasteiger partial charge in [0.2, 0.25) is 0 Å². The van der Waals surface area contributed by atoms with E-state index >= 15 is 0 Å². The third-order valence-electron chi connectivity index (χ3n) is 3.12. The summed E-state index contributed by atoms with van der Waals surface area (Å²) < 4.78 is 21.8. The highest BCUT2D eigenvalue weighted by atomic mass is 32.7. The number of piperidine rings is 1. The van der Waals surface area contributed by atoms with E-state index in [1.54, 1.807) is 13.2 Å². The van der Waals surface area contributed by atoms with Crippen molar-refractivity contribution < 1.29 is 23.4 Å². The Morgan fingerprint density at radius 1 is 1.40 bits per heavy atom. The van der Waals surface area contributed by atoms with Crippen molar-refractivity contribution in [2.75, 3.05) is 33.1 Å². The van der Waals surface area contributed by atoms with Crippen LogP contribution in [0.1, 0.15) is 19.8 Å². The van der Waals surface area contributed by atoms with Gasteiger partial charge >= 0.3 is 18.7 Å². The van der Waals surface area contributed by atoms with Gasteiger partial charge < -0.3 is 14.2 Å². The van der Waals surface area contributed by atoms with Crippen LogP contribution in [-0.2, 0) is 18.6 Å². The van der Waals surface area contributed by atoms with E-state index in [4.69, 9.17) is 9.26 Å². The molecule has 0 bridgehead atoms. The SMILES string of the molecule is CCOC(=O)C1CCN(C(=O)NP(=O)(OC)SC)CC1. The summed E-state index contributed by atoms with van der Waals surface area (Å²) in [6.07, 6.45) is 2.73. The molecule has 20 heavy (non-hydrogen) atoms. The third-order valence-corrected chi connectivity index (χ3v) is 6.71. The Morgan fingerprint density at radius 2 is 2.00 bits per heavy atom. The van der Waals surface area contributed by atoms with Crippen molar-refractivity contribution in [1.82, 2.24) is 9.99 Å². The van der Waals surface area contributed by atoms with E-state index in [9.17, 15) is 14.2 Å². The Labute approximate surface area is 123 Å². The first-order valence-electron chi connectivity index (χ1n) is 6.41. The van der Waals surface area contributed by atoms with Crippen molar-refractivity contribution >= 4 is 30.1 Å². The van der Waals surface area contributed by atoms with Gasteiger partial charge in [-0.05, 0) is 26.0 Å². The summed E-state index contributed by atoms with van der Waals surface area (Å²) in [4.78, 5) is 25.1. The Morgan fingerprint density at radius 3 is 2.45 bits per heavy atom. The molecular formula is C11H21N2O5PS. The standard InChI is InChI=1S/C11H21N2O5PS/c1-4-18-10(14)9-5-7-13(8-6-9)11(15)12-19(16,17-2)20-3/h9H,4-8H2,1-3H3,(H,12,15,16). The topological polar surface area (TPSA) is 84.9 Å².